The van der Waals surface area contributed by atoms with Crippen LogP contribution in [0.2, 0.25) is 0 Å². The molecular formula is C16H15FN4O. The number of methoxy groups -OCH3 is 1. The van der Waals surface area contributed by atoms with Crippen LogP contribution in [0.3, 0.4) is 0 Å². The van der Waals surface area contributed by atoms with Gasteiger partial charge in [0, 0.05) is 23.4 Å². The largest absolute Gasteiger partial charge is 0.481 e. The Morgan fingerprint density at radius 1 is 1.09 bits per heavy atom. The highest BCUT2D eigenvalue weighted by Gasteiger charge is 2.06. The minimum Gasteiger partial charge on any atom is -0.481 e. The van der Waals surface area contributed by atoms with Crippen molar-refractivity contribution in [1.29, 1.82) is 0 Å². The molecule has 0 aliphatic heterocycles. The smallest absolute Gasteiger partial charge is 0.216 e. The first-order valence-corrected chi connectivity index (χ1v) is 6.86. The van der Waals surface area contributed by atoms with Crippen LogP contribution < -0.4 is 4.74 Å². The van der Waals surface area contributed by atoms with Crippen molar-refractivity contribution < 1.29 is 9.13 Å². The number of rotatable bonds is 5. The van der Waals surface area contributed by atoms with Gasteiger partial charge in [-0.25, -0.2) is 14.4 Å². The number of halogens is 1. The number of ether oxygens (including phenoxy) is 1. The Kier molecular flexibility index (Phi) is 4.09. The molecule has 2 heterocycles. The monoisotopic (exact) mass is 298 g/mol. The van der Waals surface area contributed by atoms with E-state index in [1.54, 1.807) is 24.1 Å². The molecule has 0 aliphatic rings. The van der Waals surface area contributed by atoms with E-state index in [0.29, 0.717) is 5.88 Å². The lowest BCUT2D eigenvalue weighted by atomic mass is 10.1. The molecule has 0 radical (unpaired) electrons. The van der Waals surface area contributed by atoms with Crippen LogP contribution in [0, 0.1) is 0 Å². The molecule has 22 heavy (non-hydrogen) atoms. The van der Waals surface area contributed by atoms with E-state index in [1.165, 1.54) is 6.33 Å². The van der Waals surface area contributed by atoms with E-state index >= 15 is 0 Å². The highest BCUT2D eigenvalue weighted by molar-refractivity contribution is 5.69. The first-order chi connectivity index (χ1) is 10.8. The molecule has 0 atom stereocenters. The number of benzene rings is 1. The van der Waals surface area contributed by atoms with Crippen molar-refractivity contribution in [2.45, 2.75) is 6.54 Å². The van der Waals surface area contributed by atoms with Gasteiger partial charge in [-0.2, -0.15) is 5.10 Å². The summed E-state index contributed by atoms with van der Waals surface area (Å²) in [6, 6.07) is 11.5. The molecule has 0 bridgehead atoms. The Bertz CT molecular complexity index is 772. The van der Waals surface area contributed by atoms with E-state index in [-0.39, 0.29) is 6.54 Å². The third-order valence-electron chi connectivity index (χ3n) is 3.26. The zero-order chi connectivity index (χ0) is 15.4. The lowest BCUT2D eigenvalue weighted by Gasteiger charge is -2.05. The van der Waals surface area contributed by atoms with Crippen LogP contribution in [-0.2, 0) is 6.54 Å². The molecule has 2 aromatic heterocycles. The second kappa shape index (κ2) is 6.34. The minimum absolute atomic E-state index is 0.267. The van der Waals surface area contributed by atoms with E-state index in [9.17, 15) is 4.39 Å². The number of hydrogen-bond donors (Lipinski definition) is 0. The van der Waals surface area contributed by atoms with Gasteiger partial charge >= 0.3 is 0 Å². The standard InChI is InChI=1S/C16H15FN4O/c1-22-16-10-15(18-11-19-16)13-4-2-3-12(9-13)14-5-7-21(20-14)8-6-17/h2-5,7,9-11H,6,8H2,1H3. The van der Waals surface area contributed by atoms with Crippen molar-refractivity contribution in [2.24, 2.45) is 0 Å². The molecule has 5 nitrogen and oxygen atoms in total. The van der Waals surface area contributed by atoms with E-state index in [0.717, 1.165) is 22.5 Å². The quantitative estimate of drug-likeness (QED) is 0.726. The van der Waals surface area contributed by atoms with Gasteiger partial charge in [-0.1, -0.05) is 18.2 Å². The Hall–Kier alpha value is -2.76. The molecule has 3 rings (SSSR count). The Morgan fingerprint density at radius 3 is 2.68 bits per heavy atom. The van der Waals surface area contributed by atoms with E-state index in [2.05, 4.69) is 15.1 Å². The van der Waals surface area contributed by atoms with Crippen LogP contribution in [-0.4, -0.2) is 33.5 Å². The molecule has 1 aromatic carbocycles. The van der Waals surface area contributed by atoms with Crippen LogP contribution >= 0.6 is 0 Å². The summed E-state index contributed by atoms with van der Waals surface area (Å²) < 4.78 is 19.1. The SMILES string of the molecule is COc1cc(-c2cccc(-c3ccn(CCF)n3)c2)ncn1. The summed E-state index contributed by atoms with van der Waals surface area (Å²) in [7, 11) is 1.57. The molecule has 0 fully saturated rings. The van der Waals surface area contributed by atoms with Crippen LogP contribution in [0.4, 0.5) is 4.39 Å². The van der Waals surface area contributed by atoms with Gasteiger partial charge in [-0.15, -0.1) is 0 Å². The highest BCUT2D eigenvalue weighted by Crippen LogP contribution is 2.25. The van der Waals surface area contributed by atoms with Crippen molar-refractivity contribution in [3.63, 3.8) is 0 Å². The maximum atomic E-state index is 12.4. The second-order valence-electron chi connectivity index (χ2n) is 4.68. The second-order valence-corrected chi connectivity index (χ2v) is 4.68. The minimum atomic E-state index is -0.429. The van der Waals surface area contributed by atoms with Gasteiger partial charge in [0.05, 0.1) is 25.0 Å². The van der Waals surface area contributed by atoms with E-state index in [4.69, 9.17) is 4.74 Å². The topological polar surface area (TPSA) is 52.8 Å². The zero-order valence-electron chi connectivity index (χ0n) is 12.1. The van der Waals surface area contributed by atoms with Gasteiger partial charge in [0.25, 0.3) is 0 Å². The number of alkyl halides is 1. The first-order valence-electron chi connectivity index (χ1n) is 6.86. The summed E-state index contributed by atoms with van der Waals surface area (Å²) in [6.45, 7) is -0.162. The van der Waals surface area contributed by atoms with Crippen LogP contribution in [0.15, 0.2) is 48.9 Å². The fourth-order valence-corrected chi connectivity index (χ4v) is 2.17. The zero-order valence-corrected chi connectivity index (χ0v) is 12.1. The average molecular weight is 298 g/mol. The van der Waals surface area contributed by atoms with Crippen molar-refractivity contribution in [3.8, 4) is 28.4 Å². The molecular weight excluding hydrogens is 283 g/mol. The number of nitrogens with zero attached hydrogens (tertiary/aromatic N) is 4. The van der Waals surface area contributed by atoms with Crippen LogP contribution in [0.25, 0.3) is 22.5 Å². The molecule has 0 saturated carbocycles. The average Bonchev–Trinajstić information content (AvgIpc) is 3.04. The molecule has 0 saturated heterocycles. The summed E-state index contributed by atoms with van der Waals surface area (Å²) in [5.41, 5.74) is 3.47. The molecule has 0 N–H and O–H groups in total. The Labute approximate surface area is 127 Å². The van der Waals surface area contributed by atoms with E-state index in [1.807, 2.05) is 30.3 Å². The number of aromatic nitrogens is 4. The molecule has 6 heteroatoms. The Morgan fingerprint density at radius 2 is 1.91 bits per heavy atom. The molecule has 112 valence electrons. The summed E-state index contributed by atoms with van der Waals surface area (Å²) in [5, 5.41) is 4.36. The van der Waals surface area contributed by atoms with Gasteiger partial charge in [-0.3, -0.25) is 4.68 Å². The summed E-state index contributed by atoms with van der Waals surface area (Å²) in [4.78, 5) is 8.26. The van der Waals surface area contributed by atoms with Crippen molar-refractivity contribution >= 4 is 0 Å². The van der Waals surface area contributed by atoms with Gasteiger partial charge in [0.15, 0.2) is 0 Å². The normalized spacial score (nSPS) is 10.6. The van der Waals surface area contributed by atoms with E-state index < -0.39 is 6.67 Å². The maximum Gasteiger partial charge on any atom is 0.216 e. The van der Waals surface area contributed by atoms with Crippen molar-refractivity contribution in [3.05, 3.63) is 48.9 Å². The lowest BCUT2D eigenvalue weighted by Crippen LogP contribution is -1.99. The fraction of sp³-hybridized carbons (Fsp3) is 0.188. The van der Waals surface area contributed by atoms with Gasteiger partial charge < -0.3 is 4.74 Å². The predicted octanol–water partition coefficient (Wildman–Crippen LogP) is 2.99. The number of aryl methyl sites for hydroxylation is 1. The summed E-state index contributed by atoms with van der Waals surface area (Å²) in [5.74, 6) is 0.516. The Balaban J connectivity index is 1.94. The third-order valence-corrected chi connectivity index (χ3v) is 3.26. The number of hydrogen-bond acceptors (Lipinski definition) is 4. The molecule has 3 aromatic rings. The van der Waals surface area contributed by atoms with Crippen LogP contribution in [0.1, 0.15) is 0 Å². The molecule has 0 aliphatic carbocycles. The fourth-order valence-electron chi connectivity index (χ4n) is 2.17. The maximum absolute atomic E-state index is 12.4. The molecule has 0 spiro atoms. The molecule has 0 unspecified atom stereocenters. The first kappa shape index (κ1) is 14.2. The van der Waals surface area contributed by atoms with Gasteiger partial charge in [0.2, 0.25) is 5.88 Å². The van der Waals surface area contributed by atoms with Crippen molar-refractivity contribution in [2.75, 3.05) is 13.8 Å². The summed E-state index contributed by atoms with van der Waals surface area (Å²) >= 11 is 0. The summed E-state index contributed by atoms with van der Waals surface area (Å²) in [6.07, 6.45) is 3.24. The van der Waals surface area contributed by atoms with Gasteiger partial charge in [0.1, 0.15) is 13.0 Å². The third kappa shape index (κ3) is 2.95. The lowest BCUT2D eigenvalue weighted by molar-refractivity contribution is 0.397. The van der Waals surface area contributed by atoms with Crippen LogP contribution in [0.5, 0.6) is 5.88 Å². The predicted molar refractivity (Wildman–Crippen MR) is 81.2 cm³/mol. The highest BCUT2D eigenvalue weighted by atomic mass is 19.1. The van der Waals surface area contributed by atoms with Gasteiger partial charge in [-0.05, 0) is 12.1 Å². The molecule has 0 amide bonds. The van der Waals surface area contributed by atoms with Crippen molar-refractivity contribution in [1.82, 2.24) is 19.7 Å².